The molecule has 41 heavy (non-hydrogen) atoms. The van der Waals surface area contributed by atoms with Crippen molar-refractivity contribution in [3.05, 3.63) is 79.8 Å². The van der Waals surface area contributed by atoms with E-state index in [1.54, 1.807) is 46.8 Å². The number of benzene rings is 1. The highest BCUT2D eigenvalue weighted by Crippen LogP contribution is 2.24. The van der Waals surface area contributed by atoms with Crippen LogP contribution in [0.2, 0.25) is 5.02 Å². The number of rotatable bonds is 11. The van der Waals surface area contributed by atoms with Crippen LogP contribution in [0.15, 0.2) is 39.9 Å². The van der Waals surface area contributed by atoms with Crippen molar-refractivity contribution in [1.29, 1.82) is 0 Å². The number of halogens is 2. The van der Waals surface area contributed by atoms with Crippen molar-refractivity contribution in [3.8, 4) is 5.75 Å². The van der Waals surface area contributed by atoms with Crippen molar-refractivity contribution in [3.63, 3.8) is 0 Å². The van der Waals surface area contributed by atoms with Crippen LogP contribution in [0.3, 0.4) is 0 Å². The third kappa shape index (κ3) is 8.96. The second-order valence-electron chi connectivity index (χ2n) is 10.3. The molecule has 11 nitrogen and oxygen atoms in total. The standard InChI is InChI=1S/C28H33ClFN5O6/c1-18(2)40-23-11-10-21(16-22(23)30)31-24-32-25(37)34(13-12-33(14-15-36)27(39)41-28(3,4)5)26(38)35(24)17-19-6-8-20(29)9-7-19/h6,8,10-11,16,18,36H,12-15,17H2,1-5H3,(H,31,32,37). The molecule has 3 rings (SSSR count). The van der Waals surface area contributed by atoms with Gasteiger partial charge in [-0.25, -0.2) is 23.3 Å². The Balaban J connectivity index is 1.98. The summed E-state index contributed by atoms with van der Waals surface area (Å²) >= 11 is 5.92. The van der Waals surface area contributed by atoms with Gasteiger partial charge in [0.2, 0.25) is 5.95 Å². The Kier molecular flexibility index (Phi) is 10.4. The number of hydrogen-bond donors (Lipinski definition) is 2. The maximum absolute atomic E-state index is 14.6. The number of hydrogen-bond acceptors (Lipinski definition) is 8. The van der Waals surface area contributed by atoms with E-state index in [2.05, 4.69) is 22.4 Å². The highest BCUT2D eigenvalue weighted by molar-refractivity contribution is 6.30. The van der Waals surface area contributed by atoms with Gasteiger partial charge in [0.1, 0.15) is 5.60 Å². The molecule has 0 bridgehead atoms. The number of ether oxygens (including phenoxy) is 2. The van der Waals surface area contributed by atoms with E-state index in [0.717, 1.165) is 10.6 Å². The Morgan fingerprint density at radius 2 is 1.90 bits per heavy atom. The average Bonchev–Trinajstić information content (AvgIpc) is 2.87. The van der Waals surface area contributed by atoms with Crippen LogP contribution in [0.1, 0.15) is 40.2 Å². The molecule has 13 heteroatoms. The Hall–Kier alpha value is -4.08. The molecule has 0 spiro atoms. The van der Waals surface area contributed by atoms with Crippen molar-refractivity contribution < 1.29 is 23.8 Å². The summed E-state index contributed by atoms with van der Waals surface area (Å²) in [6.45, 7) is 7.80. The van der Waals surface area contributed by atoms with E-state index in [4.69, 9.17) is 21.1 Å². The minimum Gasteiger partial charge on any atom is -0.488 e. The average molecular weight is 590 g/mol. The van der Waals surface area contributed by atoms with E-state index < -0.39 is 28.9 Å². The topological polar surface area (TPSA) is 128 Å². The second-order valence-corrected chi connectivity index (χ2v) is 10.7. The smallest absolute Gasteiger partial charge is 0.410 e. The first-order valence-electron chi connectivity index (χ1n) is 12.9. The Morgan fingerprint density at radius 1 is 1.17 bits per heavy atom. The zero-order valence-electron chi connectivity index (χ0n) is 23.5. The molecule has 220 valence electrons. The molecule has 3 aromatic rings. The highest BCUT2D eigenvalue weighted by Gasteiger charge is 2.23. The normalized spacial score (nSPS) is 11.2. The van der Waals surface area contributed by atoms with Crippen LogP contribution in [0.4, 0.5) is 20.8 Å². The molecule has 0 aliphatic carbocycles. The zero-order chi connectivity index (χ0) is 30.3. The molecule has 0 saturated carbocycles. The summed E-state index contributed by atoms with van der Waals surface area (Å²) < 4.78 is 27.4. The molecule has 0 saturated heterocycles. The molecular weight excluding hydrogens is 557 g/mol. The summed E-state index contributed by atoms with van der Waals surface area (Å²) in [7, 11) is 0. The summed E-state index contributed by atoms with van der Waals surface area (Å²) in [6, 6.07) is 12.9. The van der Waals surface area contributed by atoms with Gasteiger partial charge in [-0.05, 0) is 65.0 Å². The van der Waals surface area contributed by atoms with Crippen LogP contribution in [0.25, 0.3) is 0 Å². The maximum Gasteiger partial charge on any atom is 0.410 e. The van der Waals surface area contributed by atoms with Crippen molar-refractivity contribution in [2.24, 2.45) is 0 Å². The van der Waals surface area contributed by atoms with E-state index in [1.165, 1.54) is 21.6 Å². The lowest BCUT2D eigenvalue weighted by Gasteiger charge is -2.27. The van der Waals surface area contributed by atoms with Gasteiger partial charge in [-0.3, -0.25) is 4.57 Å². The molecule has 0 fully saturated rings. The molecule has 2 N–H and O–H groups in total. The molecule has 2 aromatic carbocycles. The van der Waals surface area contributed by atoms with Crippen LogP contribution in [0, 0.1) is 17.9 Å². The van der Waals surface area contributed by atoms with Gasteiger partial charge in [-0.15, -0.1) is 0 Å². The monoisotopic (exact) mass is 589 g/mol. The third-order valence-electron chi connectivity index (χ3n) is 5.42. The molecule has 0 atom stereocenters. The van der Waals surface area contributed by atoms with Gasteiger partial charge in [-0.1, -0.05) is 17.7 Å². The minimum absolute atomic E-state index is 0.0510. The first-order chi connectivity index (χ1) is 19.3. The number of carbonyl (C=O) groups is 1. The Morgan fingerprint density at radius 3 is 2.49 bits per heavy atom. The van der Waals surface area contributed by atoms with Gasteiger partial charge in [0.25, 0.3) is 0 Å². The molecular formula is C28H33ClFN5O6. The Bertz CT molecular complexity index is 1470. The van der Waals surface area contributed by atoms with Crippen LogP contribution in [0.5, 0.6) is 5.75 Å². The zero-order valence-corrected chi connectivity index (χ0v) is 24.3. The number of aromatic nitrogens is 3. The van der Waals surface area contributed by atoms with Crippen LogP contribution >= 0.6 is 11.6 Å². The summed E-state index contributed by atoms with van der Waals surface area (Å²) in [5.74, 6) is -0.733. The molecule has 1 heterocycles. The number of aliphatic hydroxyl groups excluding tert-OH is 1. The molecule has 1 amide bonds. The first-order valence-corrected chi connectivity index (χ1v) is 13.3. The van der Waals surface area contributed by atoms with E-state index >= 15 is 0 Å². The summed E-state index contributed by atoms with van der Waals surface area (Å²) in [6.07, 6.45) is -0.941. The number of anilines is 2. The fourth-order valence-corrected chi connectivity index (χ4v) is 3.75. The first kappa shape index (κ1) is 31.4. The number of nitrogens with one attached hydrogen (secondary N) is 1. The van der Waals surface area contributed by atoms with Crippen LogP contribution < -0.4 is 21.4 Å². The van der Waals surface area contributed by atoms with Gasteiger partial charge in [0.15, 0.2) is 11.6 Å². The van der Waals surface area contributed by atoms with Gasteiger partial charge >= 0.3 is 17.5 Å². The highest BCUT2D eigenvalue weighted by atomic mass is 35.5. The lowest BCUT2D eigenvalue weighted by atomic mass is 10.2. The van der Waals surface area contributed by atoms with Crippen molar-refractivity contribution >= 4 is 29.3 Å². The number of carbonyl (C=O) groups excluding carboxylic acids is 1. The van der Waals surface area contributed by atoms with Crippen molar-refractivity contribution in [1.82, 2.24) is 19.0 Å². The maximum atomic E-state index is 14.6. The van der Waals surface area contributed by atoms with E-state index in [1.807, 2.05) is 0 Å². The fourth-order valence-electron chi connectivity index (χ4n) is 3.64. The molecule has 1 aromatic heterocycles. The summed E-state index contributed by atoms with van der Waals surface area (Å²) in [5.41, 5.74) is -1.69. The van der Waals surface area contributed by atoms with Crippen molar-refractivity contribution in [2.45, 2.75) is 59.4 Å². The molecule has 0 aliphatic rings. The SMILES string of the molecule is CC(C)Oc1ccc(Nc2nc(=O)n(CCN(CCO)C(=O)OC(C)(C)C)c(=O)n2Cc2c#cc(Cl)cc2)cc1F. The van der Waals surface area contributed by atoms with E-state index in [0.29, 0.717) is 10.6 Å². The van der Waals surface area contributed by atoms with Gasteiger partial charge in [0, 0.05) is 30.4 Å². The lowest BCUT2D eigenvalue weighted by Crippen LogP contribution is -2.46. The number of nitrogens with zero attached hydrogens (tertiary/aromatic N) is 4. The van der Waals surface area contributed by atoms with Gasteiger partial charge in [-0.2, -0.15) is 4.98 Å². The largest absolute Gasteiger partial charge is 0.488 e. The fraction of sp³-hybridized carbons (Fsp3) is 0.429. The molecule has 0 aliphatic heterocycles. The lowest BCUT2D eigenvalue weighted by molar-refractivity contribution is 0.0211. The van der Waals surface area contributed by atoms with Gasteiger partial charge < -0.3 is 24.8 Å². The third-order valence-corrected chi connectivity index (χ3v) is 5.64. The number of aliphatic hydroxyl groups is 1. The quantitative estimate of drug-likeness (QED) is 0.347. The van der Waals surface area contributed by atoms with E-state index in [-0.39, 0.29) is 56.3 Å². The summed E-state index contributed by atoms with van der Waals surface area (Å²) in [5, 5.41) is 12.6. The van der Waals surface area contributed by atoms with Gasteiger partial charge in [0.05, 0.1) is 30.8 Å². The predicted octanol–water partition coefficient (Wildman–Crippen LogP) is 3.61. The van der Waals surface area contributed by atoms with Crippen molar-refractivity contribution in [2.75, 3.05) is 25.0 Å². The second kappa shape index (κ2) is 13.5. The van der Waals surface area contributed by atoms with E-state index in [9.17, 15) is 23.9 Å². The minimum atomic E-state index is -0.895. The van der Waals surface area contributed by atoms with Crippen LogP contribution in [-0.2, 0) is 17.8 Å². The molecule has 0 unspecified atom stereocenters. The van der Waals surface area contributed by atoms with Crippen LogP contribution in [-0.4, -0.2) is 61.6 Å². The number of amides is 1. The summed E-state index contributed by atoms with van der Waals surface area (Å²) in [4.78, 5) is 44.4. The Labute approximate surface area is 242 Å². The molecule has 0 radical (unpaired) electrons. The predicted molar refractivity (Wildman–Crippen MR) is 151 cm³/mol.